The molecule has 1 heterocycles. The van der Waals surface area contributed by atoms with E-state index in [1.807, 2.05) is 12.1 Å². The number of nitrogens with one attached hydrogen (secondary N) is 1. The Morgan fingerprint density at radius 3 is 2.72 bits per heavy atom. The Labute approximate surface area is 115 Å². The van der Waals surface area contributed by atoms with Crippen LogP contribution in [0.25, 0.3) is 0 Å². The first-order chi connectivity index (χ1) is 8.61. The standard InChI is InChI=1S/C15H23ClN2/c1-3-15(2)12-18(10-4-9-17-15)11-13-5-7-14(16)8-6-13/h5-8,17H,3-4,9-12H2,1-2H3. The van der Waals surface area contributed by atoms with Crippen molar-refractivity contribution in [3.8, 4) is 0 Å². The molecular weight excluding hydrogens is 244 g/mol. The fourth-order valence-electron chi connectivity index (χ4n) is 2.54. The summed E-state index contributed by atoms with van der Waals surface area (Å²) in [6.45, 7) is 9.03. The minimum atomic E-state index is 0.253. The zero-order chi connectivity index (χ0) is 13.0. The molecule has 2 rings (SSSR count). The zero-order valence-corrected chi connectivity index (χ0v) is 12.1. The van der Waals surface area contributed by atoms with Gasteiger partial charge in [0.2, 0.25) is 0 Å². The van der Waals surface area contributed by atoms with Crippen molar-refractivity contribution < 1.29 is 0 Å². The molecule has 1 N–H and O–H groups in total. The van der Waals surface area contributed by atoms with Crippen LogP contribution in [0, 0.1) is 0 Å². The maximum absolute atomic E-state index is 5.92. The number of hydrogen-bond acceptors (Lipinski definition) is 2. The smallest absolute Gasteiger partial charge is 0.0406 e. The van der Waals surface area contributed by atoms with Crippen molar-refractivity contribution in [3.63, 3.8) is 0 Å². The maximum atomic E-state index is 5.92. The van der Waals surface area contributed by atoms with Crippen LogP contribution in [0.3, 0.4) is 0 Å². The van der Waals surface area contributed by atoms with Gasteiger partial charge in [-0.3, -0.25) is 4.90 Å². The fraction of sp³-hybridized carbons (Fsp3) is 0.600. The molecule has 100 valence electrons. The first kappa shape index (κ1) is 13.9. The third-order valence-corrected chi connectivity index (χ3v) is 4.13. The molecule has 0 aromatic heterocycles. The Morgan fingerprint density at radius 2 is 2.06 bits per heavy atom. The van der Waals surface area contributed by atoms with Gasteiger partial charge in [0.15, 0.2) is 0 Å². The van der Waals surface area contributed by atoms with E-state index in [1.165, 1.54) is 24.9 Å². The molecule has 1 aliphatic rings. The summed E-state index contributed by atoms with van der Waals surface area (Å²) in [6.07, 6.45) is 2.40. The van der Waals surface area contributed by atoms with E-state index in [4.69, 9.17) is 11.6 Å². The second-order valence-electron chi connectivity index (χ2n) is 5.53. The van der Waals surface area contributed by atoms with Gasteiger partial charge in [0, 0.05) is 23.7 Å². The lowest BCUT2D eigenvalue weighted by atomic mass is 9.98. The molecule has 3 heteroatoms. The average Bonchev–Trinajstić information content (AvgIpc) is 2.55. The lowest BCUT2D eigenvalue weighted by Crippen LogP contribution is -2.48. The van der Waals surface area contributed by atoms with E-state index >= 15 is 0 Å². The Bertz CT molecular complexity index is 377. The topological polar surface area (TPSA) is 15.3 Å². The normalized spacial score (nSPS) is 25.9. The summed E-state index contributed by atoms with van der Waals surface area (Å²) in [5.74, 6) is 0. The molecule has 0 radical (unpaired) electrons. The summed E-state index contributed by atoms with van der Waals surface area (Å²) in [4.78, 5) is 2.55. The summed E-state index contributed by atoms with van der Waals surface area (Å²) in [5.41, 5.74) is 1.60. The van der Waals surface area contributed by atoms with E-state index in [2.05, 4.69) is 36.2 Å². The Morgan fingerprint density at radius 1 is 1.33 bits per heavy atom. The van der Waals surface area contributed by atoms with Crippen LogP contribution in [-0.4, -0.2) is 30.1 Å². The van der Waals surface area contributed by atoms with Gasteiger partial charge >= 0.3 is 0 Å². The van der Waals surface area contributed by atoms with Gasteiger partial charge < -0.3 is 5.32 Å². The molecule has 1 fully saturated rings. The monoisotopic (exact) mass is 266 g/mol. The van der Waals surface area contributed by atoms with Crippen LogP contribution >= 0.6 is 11.6 Å². The van der Waals surface area contributed by atoms with Crippen molar-refractivity contribution in [2.45, 2.75) is 38.8 Å². The second kappa shape index (κ2) is 6.05. The molecule has 1 saturated heterocycles. The van der Waals surface area contributed by atoms with Gasteiger partial charge in [-0.15, -0.1) is 0 Å². The van der Waals surface area contributed by atoms with Crippen LogP contribution in [0.1, 0.15) is 32.3 Å². The largest absolute Gasteiger partial charge is 0.310 e. The average molecular weight is 267 g/mol. The van der Waals surface area contributed by atoms with Crippen LogP contribution in [0.5, 0.6) is 0 Å². The first-order valence-corrected chi connectivity index (χ1v) is 7.21. The number of halogens is 1. The number of benzene rings is 1. The highest BCUT2D eigenvalue weighted by Gasteiger charge is 2.26. The van der Waals surface area contributed by atoms with E-state index in [9.17, 15) is 0 Å². The quantitative estimate of drug-likeness (QED) is 0.903. The molecule has 18 heavy (non-hydrogen) atoms. The molecule has 1 atom stereocenters. The molecule has 1 aromatic rings. The number of nitrogens with zero attached hydrogens (tertiary/aromatic N) is 1. The van der Waals surface area contributed by atoms with Gasteiger partial charge in [-0.05, 0) is 50.6 Å². The van der Waals surface area contributed by atoms with Gasteiger partial charge in [-0.2, -0.15) is 0 Å². The lowest BCUT2D eigenvalue weighted by Gasteiger charge is -2.32. The molecule has 0 spiro atoms. The van der Waals surface area contributed by atoms with Crippen LogP contribution in [0.2, 0.25) is 5.02 Å². The fourth-order valence-corrected chi connectivity index (χ4v) is 2.67. The van der Waals surface area contributed by atoms with Crippen molar-refractivity contribution >= 4 is 11.6 Å². The van der Waals surface area contributed by atoms with Crippen LogP contribution < -0.4 is 5.32 Å². The zero-order valence-electron chi connectivity index (χ0n) is 11.4. The summed E-state index contributed by atoms with van der Waals surface area (Å²) < 4.78 is 0. The highest BCUT2D eigenvalue weighted by molar-refractivity contribution is 6.30. The van der Waals surface area contributed by atoms with Crippen molar-refractivity contribution in [1.82, 2.24) is 10.2 Å². The number of rotatable bonds is 3. The van der Waals surface area contributed by atoms with Gasteiger partial charge in [0.25, 0.3) is 0 Å². The summed E-state index contributed by atoms with van der Waals surface area (Å²) in [7, 11) is 0. The van der Waals surface area contributed by atoms with E-state index in [0.717, 1.165) is 24.7 Å². The van der Waals surface area contributed by atoms with E-state index in [0.29, 0.717) is 0 Å². The third-order valence-electron chi connectivity index (χ3n) is 3.88. The predicted molar refractivity (Wildman–Crippen MR) is 78.0 cm³/mol. The summed E-state index contributed by atoms with van der Waals surface area (Å²) in [5, 5.41) is 4.48. The minimum Gasteiger partial charge on any atom is -0.310 e. The lowest BCUT2D eigenvalue weighted by molar-refractivity contribution is 0.208. The highest BCUT2D eigenvalue weighted by Crippen LogP contribution is 2.18. The van der Waals surface area contributed by atoms with E-state index in [1.54, 1.807) is 0 Å². The SMILES string of the molecule is CCC1(C)CN(Cc2ccc(Cl)cc2)CCCN1. The van der Waals surface area contributed by atoms with Crippen LogP contribution in [0.4, 0.5) is 0 Å². The summed E-state index contributed by atoms with van der Waals surface area (Å²) in [6, 6.07) is 8.21. The molecular formula is C15H23ClN2. The van der Waals surface area contributed by atoms with Crippen LogP contribution in [0.15, 0.2) is 24.3 Å². The van der Waals surface area contributed by atoms with Gasteiger partial charge in [-0.1, -0.05) is 30.7 Å². The molecule has 0 aliphatic carbocycles. The molecule has 2 nitrogen and oxygen atoms in total. The predicted octanol–water partition coefficient (Wildman–Crippen LogP) is 3.30. The minimum absolute atomic E-state index is 0.253. The number of hydrogen-bond donors (Lipinski definition) is 1. The van der Waals surface area contributed by atoms with Crippen molar-refractivity contribution in [1.29, 1.82) is 0 Å². The molecule has 0 amide bonds. The molecule has 1 aromatic carbocycles. The van der Waals surface area contributed by atoms with Crippen LogP contribution in [-0.2, 0) is 6.54 Å². The van der Waals surface area contributed by atoms with E-state index in [-0.39, 0.29) is 5.54 Å². The van der Waals surface area contributed by atoms with Crippen molar-refractivity contribution in [2.24, 2.45) is 0 Å². The molecule has 1 aliphatic heterocycles. The molecule has 0 saturated carbocycles. The Balaban J connectivity index is 2.01. The molecule has 1 unspecified atom stereocenters. The molecule has 0 bridgehead atoms. The third kappa shape index (κ3) is 3.71. The highest BCUT2D eigenvalue weighted by atomic mass is 35.5. The van der Waals surface area contributed by atoms with Gasteiger partial charge in [-0.25, -0.2) is 0 Å². The Kier molecular flexibility index (Phi) is 4.66. The maximum Gasteiger partial charge on any atom is 0.0406 e. The van der Waals surface area contributed by atoms with Gasteiger partial charge in [0.05, 0.1) is 0 Å². The van der Waals surface area contributed by atoms with Gasteiger partial charge in [0.1, 0.15) is 0 Å². The van der Waals surface area contributed by atoms with E-state index < -0.39 is 0 Å². The Hall–Kier alpha value is -0.570. The second-order valence-corrected chi connectivity index (χ2v) is 5.97. The van der Waals surface area contributed by atoms with Crippen molar-refractivity contribution in [2.75, 3.05) is 19.6 Å². The first-order valence-electron chi connectivity index (χ1n) is 6.83. The summed E-state index contributed by atoms with van der Waals surface area (Å²) >= 11 is 5.92. The van der Waals surface area contributed by atoms with Crippen molar-refractivity contribution in [3.05, 3.63) is 34.9 Å².